The fraction of sp³-hybridized carbons (Fsp3) is 0.500. The molecular formula is C10H15ClN4O3S. The van der Waals surface area contributed by atoms with Crippen molar-refractivity contribution in [2.75, 3.05) is 6.54 Å². The van der Waals surface area contributed by atoms with Crippen molar-refractivity contribution in [1.29, 1.82) is 0 Å². The minimum atomic E-state index is -3.82. The van der Waals surface area contributed by atoms with Gasteiger partial charge in [-0.15, -0.1) is 0 Å². The Morgan fingerprint density at radius 3 is 2.32 bits per heavy atom. The molecule has 1 aromatic heterocycles. The average molecular weight is 307 g/mol. The highest BCUT2D eigenvalue weighted by molar-refractivity contribution is 7.89. The number of carbonyl (C=O) groups is 1. The summed E-state index contributed by atoms with van der Waals surface area (Å²) >= 11 is 5.46. The first-order chi connectivity index (χ1) is 8.60. The maximum absolute atomic E-state index is 11.8. The van der Waals surface area contributed by atoms with Crippen molar-refractivity contribution in [2.45, 2.75) is 31.2 Å². The van der Waals surface area contributed by atoms with Crippen molar-refractivity contribution in [3.63, 3.8) is 0 Å². The Balaban J connectivity index is 2.66. The summed E-state index contributed by atoms with van der Waals surface area (Å²) in [7, 11) is -3.82. The standard InChI is InChI=1S/C10H15ClN4O3S/c1-10(2,3)15-8(16)6-14-19(17,18)7-4-12-9(11)13-5-7/h4-5,14H,6H2,1-3H3,(H,15,16). The van der Waals surface area contributed by atoms with Crippen molar-refractivity contribution in [3.8, 4) is 0 Å². The van der Waals surface area contributed by atoms with E-state index < -0.39 is 21.5 Å². The van der Waals surface area contributed by atoms with Gasteiger partial charge in [-0.2, -0.15) is 0 Å². The maximum atomic E-state index is 11.8. The zero-order valence-electron chi connectivity index (χ0n) is 10.8. The van der Waals surface area contributed by atoms with Crippen LogP contribution in [0.4, 0.5) is 0 Å². The Morgan fingerprint density at radius 2 is 1.84 bits per heavy atom. The molecule has 0 aliphatic heterocycles. The van der Waals surface area contributed by atoms with E-state index in [1.54, 1.807) is 20.8 Å². The number of hydrogen-bond acceptors (Lipinski definition) is 5. The summed E-state index contributed by atoms with van der Waals surface area (Å²) in [5.74, 6) is -0.425. The smallest absolute Gasteiger partial charge is 0.244 e. The van der Waals surface area contributed by atoms with Crippen LogP contribution in [0.25, 0.3) is 0 Å². The molecule has 0 aliphatic carbocycles. The normalized spacial score (nSPS) is 12.2. The van der Waals surface area contributed by atoms with Crippen LogP contribution in [0.3, 0.4) is 0 Å². The number of sulfonamides is 1. The molecule has 9 heteroatoms. The Morgan fingerprint density at radius 1 is 1.32 bits per heavy atom. The van der Waals surface area contributed by atoms with E-state index in [0.717, 1.165) is 12.4 Å². The summed E-state index contributed by atoms with van der Waals surface area (Å²) in [5.41, 5.74) is -0.425. The number of nitrogens with one attached hydrogen (secondary N) is 2. The van der Waals surface area contributed by atoms with Crippen LogP contribution in [0.5, 0.6) is 0 Å². The molecule has 0 atom stereocenters. The van der Waals surface area contributed by atoms with Crippen molar-refractivity contribution in [3.05, 3.63) is 17.7 Å². The fourth-order valence-electron chi connectivity index (χ4n) is 1.15. The monoisotopic (exact) mass is 306 g/mol. The van der Waals surface area contributed by atoms with Gasteiger partial charge in [0, 0.05) is 5.54 Å². The molecule has 19 heavy (non-hydrogen) atoms. The number of hydrogen-bond donors (Lipinski definition) is 2. The Labute approximate surface area is 116 Å². The third-order valence-corrected chi connectivity index (χ3v) is 3.40. The molecule has 0 radical (unpaired) electrons. The summed E-state index contributed by atoms with van der Waals surface area (Å²) in [5, 5.41) is 2.58. The number of carbonyl (C=O) groups excluding carboxylic acids is 1. The molecule has 7 nitrogen and oxygen atoms in total. The molecule has 1 heterocycles. The maximum Gasteiger partial charge on any atom is 0.244 e. The topological polar surface area (TPSA) is 101 Å². The van der Waals surface area contributed by atoms with Crippen LogP contribution >= 0.6 is 11.6 Å². The molecular weight excluding hydrogens is 292 g/mol. The van der Waals surface area contributed by atoms with Gasteiger partial charge in [0.05, 0.1) is 18.9 Å². The van der Waals surface area contributed by atoms with Crippen molar-refractivity contribution in [2.24, 2.45) is 0 Å². The van der Waals surface area contributed by atoms with E-state index in [9.17, 15) is 13.2 Å². The van der Waals surface area contributed by atoms with E-state index in [2.05, 4.69) is 20.0 Å². The molecule has 2 N–H and O–H groups in total. The molecule has 1 aromatic rings. The molecule has 0 aliphatic rings. The van der Waals surface area contributed by atoms with Crippen LogP contribution in [0, 0.1) is 0 Å². The van der Waals surface area contributed by atoms with Gasteiger partial charge in [-0.05, 0) is 32.4 Å². The SMILES string of the molecule is CC(C)(C)NC(=O)CNS(=O)(=O)c1cnc(Cl)nc1. The van der Waals surface area contributed by atoms with Gasteiger partial charge < -0.3 is 5.32 Å². The van der Waals surface area contributed by atoms with Crippen LogP contribution in [0.2, 0.25) is 5.28 Å². The van der Waals surface area contributed by atoms with Gasteiger partial charge in [-0.1, -0.05) is 0 Å². The lowest BCUT2D eigenvalue weighted by Gasteiger charge is -2.20. The second kappa shape index (κ2) is 5.81. The van der Waals surface area contributed by atoms with Crippen molar-refractivity contribution in [1.82, 2.24) is 20.0 Å². The summed E-state index contributed by atoms with van der Waals surface area (Å²) in [4.78, 5) is 18.5. The molecule has 0 bridgehead atoms. The lowest BCUT2D eigenvalue weighted by Crippen LogP contribution is -2.45. The van der Waals surface area contributed by atoms with Crippen LogP contribution in [-0.2, 0) is 14.8 Å². The van der Waals surface area contributed by atoms with E-state index in [-0.39, 0.29) is 16.7 Å². The van der Waals surface area contributed by atoms with Crippen LogP contribution in [-0.4, -0.2) is 36.4 Å². The molecule has 0 saturated heterocycles. The minimum absolute atomic E-state index is 0.0515. The van der Waals surface area contributed by atoms with Crippen molar-refractivity contribution >= 4 is 27.5 Å². The van der Waals surface area contributed by atoms with Gasteiger partial charge >= 0.3 is 0 Å². The molecule has 0 aromatic carbocycles. The molecule has 1 rings (SSSR count). The van der Waals surface area contributed by atoms with Gasteiger partial charge in [0.2, 0.25) is 21.2 Å². The first kappa shape index (κ1) is 15.8. The predicted molar refractivity (Wildman–Crippen MR) is 70.1 cm³/mol. The van der Waals surface area contributed by atoms with E-state index in [4.69, 9.17) is 11.6 Å². The number of amides is 1. The van der Waals surface area contributed by atoms with Gasteiger partial charge in [-0.25, -0.2) is 23.1 Å². The summed E-state index contributed by atoms with van der Waals surface area (Å²) in [6.07, 6.45) is 2.14. The van der Waals surface area contributed by atoms with Crippen LogP contribution in [0.1, 0.15) is 20.8 Å². The molecule has 1 amide bonds. The second-order valence-corrected chi connectivity index (χ2v) is 6.92. The van der Waals surface area contributed by atoms with E-state index >= 15 is 0 Å². The molecule has 0 saturated carbocycles. The van der Waals surface area contributed by atoms with Crippen molar-refractivity contribution < 1.29 is 13.2 Å². The first-order valence-corrected chi connectivity index (χ1v) is 7.24. The number of rotatable bonds is 4. The summed E-state index contributed by atoms with van der Waals surface area (Å²) in [6, 6.07) is 0. The fourth-order valence-corrected chi connectivity index (χ4v) is 2.11. The summed E-state index contributed by atoms with van der Waals surface area (Å²) in [6.45, 7) is 5.04. The van der Waals surface area contributed by atoms with Crippen LogP contribution < -0.4 is 10.0 Å². The highest BCUT2D eigenvalue weighted by Gasteiger charge is 2.19. The van der Waals surface area contributed by atoms with Gasteiger partial charge in [0.1, 0.15) is 4.90 Å². The average Bonchev–Trinajstić information content (AvgIpc) is 2.25. The van der Waals surface area contributed by atoms with Crippen LogP contribution in [0.15, 0.2) is 17.3 Å². The Kier molecular flexibility index (Phi) is 4.83. The highest BCUT2D eigenvalue weighted by Crippen LogP contribution is 2.07. The first-order valence-electron chi connectivity index (χ1n) is 5.38. The van der Waals surface area contributed by atoms with E-state index in [1.807, 2.05) is 0 Å². The number of aromatic nitrogens is 2. The predicted octanol–water partition coefficient (Wildman–Crippen LogP) is 0.323. The Bertz CT molecular complexity index is 551. The molecule has 0 fully saturated rings. The molecule has 106 valence electrons. The molecule has 0 spiro atoms. The highest BCUT2D eigenvalue weighted by atomic mass is 35.5. The van der Waals surface area contributed by atoms with E-state index in [1.165, 1.54) is 0 Å². The largest absolute Gasteiger partial charge is 0.350 e. The minimum Gasteiger partial charge on any atom is -0.350 e. The lowest BCUT2D eigenvalue weighted by atomic mass is 10.1. The zero-order valence-corrected chi connectivity index (χ0v) is 12.3. The van der Waals surface area contributed by atoms with Gasteiger partial charge in [-0.3, -0.25) is 4.79 Å². The second-order valence-electron chi connectivity index (χ2n) is 4.81. The van der Waals surface area contributed by atoms with Gasteiger partial charge in [0.15, 0.2) is 0 Å². The third kappa shape index (κ3) is 5.50. The zero-order chi connectivity index (χ0) is 14.7. The molecule has 0 unspecified atom stereocenters. The van der Waals surface area contributed by atoms with Gasteiger partial charge in [0.25, 0.3) is 0 Å². The summed E-state index contributed by atoms with van der Waals surface area (Å²) < 4.78 is 25.8. The van der Waals surface area contributed by atoms with E-state index in [0.29, 0.717) is 0 Å². The third-order valence-electron chi connectivity index (χ3n) is 1.84. The quantitative estimate of drug-likeness (QED) is 0.780. The number of halogens is 1. The lowest BCUT2D eigenvalue weighted by molar-refractivity contribution is -0.121. The Hall–Kier alpha value is -1.25. The number of nitrogens with zero attached hydrogens (tertiary/aromatic N) is 2.